The molecule has 24 heavy (non-hydrogen) atoms. The van der Waals surface area contributed by atoms with Crippen LogP contribution in [0.4, 0.5) is 4.39 Å². The molecule has 3 nitrogen and oxygen atoms in total. The van der Waals surface area contributed by atoms with Crippen molar-refractivity contribution in [3.05, 3.63) is 54.5 Å². The number of halogens is 1. The van der Waals surface area contributed by atoms with Crippen LogP contribution in [0, 0.1) is 12.2 Å². The van der Waals surface area contributed by atoms with Crippen molar-refractivity contribution in [2.24, 2.45) is 0 Å². The number of nitrogens with one attached hydrogen (secondary N) is 1. The maximum absolute atomic E-state index is 13.8. The van der Waals surface area contributed by atoms with Gasteiger partial charge in [0, 0.05) is 22.8 Å². The summed E-state index contributed by atoms with van der Waals surface area (Å²) in [5.74, 6) is 0.944. The molecular weight excluding hydrogens is 303 g/mol. The number of rotatable bonds is 3. The van der Waals surface area contributed by atoms with Gasteiger partial charge in [-0.2, -0.15) is 0 Å². The van der Waals surface area contributed by atoms with Crippen LogP contribution < -0.4 is 4.74 Å². The van der Waals surface area contributed by atoms with Gasteiger partial charge in [-0.1, -0.05) is 0 Å². The maximum atomic E-state index is 13.8. The Hall–Kier alpha value is -2.36. The van der Waals surface area contributed by atoms with Crippen LogP contribution in [-0.2, 0) is 0 Å². The van der Waals surface area contributed by atoms with Gasteiger partial charge in [0.05, 0.1) is 7.11 Å². The van der Waals surface area contributed by atoms with Crippen molar-refractivity contribution in [3.63, 3.8) is 0 Å². The number of nitrogens with zero attached hydrogens (tertiary/aromatic N) is 1. The third kappa shape index (κ3) is 2.66. The predicted octanol–water partition coefficient (Wildman–Crippen LogP) is 5.24. The normalized spacial score (nSPS) is 15.8. The molecule has 3 aromatic rings. The number of ether oxygens (including phenoxy) is 1. The van der Waals surface area contributed by atoms with E-state index in [9.17, 15) is 4.39 Å². The Bertz CT molecular complexity index is 865. The summed E-state index contributed by atoms with van der Waals surface area (Å²) in [4.78, 5) is 7.93. The first-order valence-electron chi connectivity index (χ1n) is 8.39. The molecule has 4 rings (SSSR count). The molecule has 1 N–H and O–H groups in total. The van der Waals surface area contributed by atoms with Gasteiger partial charge in [0.25, 0.3) is 0 Å². The number of pyridine rings is 1. The molecule has 1 aliphatic rings. The van der Waals surface area contributed by atoms with Crippen LogP contribution in [0.5, 0.6) is 5.75 Å². The summed E-state index contributed by atoms with van der Waals surface area (Å²) >= 11 is 0. The fraction of sp³-hybridized carbons (Fsp3) is 0.300. The van der Waals surface area contributed by atoms with Crippen LogP contribution >= 0.6 is 0 Å². The minimum atomic E-state index is -0.269. The van der Waals surface area contributed by atoms with Crippen LogP contribution in [0.2, 0.25) is 0 Å². The summed E-state index contributed by atoms with van der Waals surface area (Å²) in [5, 5.41) is 1.02. The predicted molar refractivity (Wildman–Crippen MR) is 93.5 cm³/mol. The van der Waals surface area contributed by atoms with E-state index in [1.807, 2.05) is 6.07 Å². The summed E-state index contributed by atoms with van der Waals surface area (Å²) in [6.07, 6.45) is 8.80. The Kier molecular flexibility index (Phi) is 3.97. The van der Waals surface area contributed by atoms with Gasteiger partial charge in [0.15, 0.2) is 0 Å². The topological polar surface area (TPSA) is 37.9 Å². The molecule has 0 atom stereocenters. The molecule has 2 aromatic heterocycles. The average molecular weight is 323 g/mol. The molecule has 0 unspecified atom stereocenters. The van der Waals surface area contributed by atoms with E-state index in [-0.39, 0.29) is 5.82 Å². The molecule has 1 aromatic carbocycles. The van der Waals surface area contributed by atoms with E-state index in [0.717, 1.165) is 35.0 Å². The second-order valence-electron chi connectivity index (χ2n) is 6.33. The summed E-state index contributed by atoms with van der Waals surface area (Å²) in [7, 11) is 1.61. The molecule has 4 heteroatoms. The minimum Gasteiger partial charge on any atom is -0.496 e. The van der Waals surface area contributed by atoms with E-state index < -0.39 is 0 Å². The lowest BCUT2D eigenvalue weighted by atomic mass is 9.87. The Morgan fingerprint density at radius 2 is 1.96 bits per heavy atom. The second kappa shape index (κ2) is 6.27. The van der Waals surface area contributed by atoms with Crippen LogP contribution in [-0.4, -0.2) is 17.1 Å². The Morgan fingerprint density at radius 3 is 2.75 bits per heavy atom. The van der Waals surface area contributed by atoms with Gasteiger partial charge in [-0.15, -0.1) is 0 Å². The molecule has 123 valence electrons. The SMILES string of the molecule is COc1ccc(F)cc1-c1ccnc2[nH]c(C3CC[CH]CC3)cc12. The zero-order valence-corrected chi connectivity index (χ0v) is 13.7. The van der Waals surface area contributed by atoms with Crippen molar-refractivity contribution in [1.82, 2.24) is 9.97 Å². The van der Waals surface area contributed by atoms with E-state index in [1.54, 1.807) is 19.4 Å². The van der Waals surface area contributed by atoms with Gasteiger partial charge in [-0.05, 0) is 73.9 Å². The highest BCUT2D eigenvalue weighted by Crippen LogP contribution is 2.38. The number of aromatic nitrogens is 2. The lowest BCUT2D eigenvalue weighted by molar-refractivity contribution is 0.415. The lowest BCUT2D eigenvalue weighted by Crippen LogP contribution is -2.04. The molecule has 0 bridgehead atoms. The molecule has 1 aliphatic carbocycles. The van der Waals surface area contributed by atoms with E-state index in [1.165, 1.54) is 30.7 Å². The van der Waals surface area contributed by atoms with Crippen molar-refractivity contribution >= 4 is 11.0 Å². The van der Waals surface area contributed by atoms with Crippen LogP contribution in [0.15, 0.2) is 36.5 Å². The fourth-order valence-electron chi connectivity index (χ4n) is 3.63. The number of methoxy groups -OCH3 is 1. The van der Waals surface area contributed by atoms with E-state index >= 15 is 0 Å². The number of fused-ring (bicyclic) bond motifs is 1. The highest BCUT2D eigenvalue weighted by atomic mass is 19.1. The monoisotopic (exact) mass is 323 g/mol. The van der Waals surface area contributed by atoms with E-state index in [4.69, 9.17) is 4.74 Å². The summed E-state index contributed by atoms with van der Waals surface area (Å²) in [5.41, 5.74) is 3.78. The van der Waals surface area contributed by atoms with Gasteiger partial charge in [-0.25, -0.2) is 9.37 Å². The quantitative estimate of drug-likeness (QED) is 0.716. The first kappa shape index (κ1) is 15.2. The molecule has 0 saturated heterocycles. The third-order valence-corrected chi connectivity index (χ3v) is 4.88. The Labute approximate surface area is 140 Å². The van der Waals surface area contributed by atoms with E-state index in [2.05, 4.69) is 22.5 Å². The Morgan fingerprint density at radius 1 is 1.12 bits per heavy atom. The molecule has 0 amide bonds. The second-order valence-corrected chi connectivity index (χ2v) is 6.33. The molecular formula is C20H20FN2O. The van der Waals surface area contributed by atoms with Crippen molar-refractivity contribution < 1.29 is 9.13 Å². The van der Waals surface area contributed by atoms with Gasteiger partial charge >= 0.3 is 0 Å². The van der Waals surface area contributed by atoms with E-state index in [0.29, 0.717) is 11.7 Å². The van der Waals surface area contributed by atoms with Crippen LogP contribution in [0.3, 0.4) is 0 Å². The van der Waals surface area contributed by atoms with Gasteiger partial charge in [0.2, 0.25) is 0 Å². The highest BCUT2D eigenvalue weighted by Gasteiger charge is 2.19. The van der Waals surface area contributed by atoms with Crippen LogP contribution in [0.25, 0.3) is 22.2 Å². The summed E-state index contributed by atoms with van der Waals surface area (Å²) in [6.45, 7) is 0. The smallest absolute Gasteiger partial charge is 0.138 e. The standard InChI is InChI=1S/C20H20FN2O/c1-24-19-8-7-14(21)11-16(19)15-9-10-22-20-17(15)12-18(23-20)13-5-3-2-4-6-13/h2,7-13H,3-6H2,1H3,(H,22,23). The third-order valence-electron chi connectivity index (χ3n) is 4.88. The lowest BCUT2D eigenvalue weighted by Gasteiger charge is -2.19. The summed E-state index contributed by atoms with van der Waals surface area (Å²) < 4.78 is 19.2. The Balaban J connectivity index is 1.84. The van der Waals surface area contributed by atoms with Gasteiger partial charge < -0.3 is 9.72 Å². The first-order chi connectivity index (χ1) is 11.8. The van der Waals surface area contributed by atoms with Crippen LogP contribution in [0.1, 0.15) is 37.3 Å². The molecule has 1 saturated carbocycles. The maximum Gasteiger partial charge on any atom is 0.138 e. The zero-order chi connectivity index (χ0) is 16.5. The van der Waals surface area contributed by atoms with Crippen molar-refractivity contribution in [3.8, 4) is 16.9 Å². The first-order valence-corrected chi connectivity index (χ1v) is 8.39. The van der Waals surface area contributed by atoms with Crippen molar-refractivity contribution in [2.45, 2.75) is 31.6 Å². The van der Waals surface area contributed by atoms with Crippen molar-refractivity contribution in [1.29, 1.82) is 0 Å². The molecule has 1 fully saturated rings. The number of H-pyrrole nitrogens is 1. The number of hydrogen-bond donors (Lipinski definition) is 1. The zero-order valence-electron chi connectivity index (χ0n) is 13.7. The molecule has 1 radical (unpaired) electrons. The summed E-state index contributed by atoms with van der Waals surface area (Å²) in [6, 6.07) is 8.71. The molecule has 0 spiro atoms. The van der Waals surface area contributed by atoms with Gasteiger partial charge in [0.1, 0.15) is 17.2 Å². The number of hydrogen-bond acceptors (Lipinski definition) is 2. The number of benzene rings is 1. The fourth-order valence-corrected chi connectivity index (χ4v) is 3.63. The van der Waals surface area contributed by atoms with Crippen molar-refractivity contribution in [2.75, 3.05) is 7.11 Å². The molecule has 2 heterocycles. The largest absolute Gasteiger partial charge is 0.496 e. The highest BCUT2D eigenvalue weighted by molar-refractivity contribution is 5.95. The average Bonchev–Trinajstić information content (AvgIpc) is 3.06. The number of aromatic amines is 1. The van der Waals surface area contributed by atoms with Gasteiger partial charge in [-0.3, -0.25) is 0 Å². The molecule has 0 aliphatic heterocycles. The minimum absolute atomic E-state index is 0.269.